The largest absolute Gasteiger partial charge is 0.504 e. The van der Waals surface area contributed by atoms with Crippen molar-refractivity contribution in [3.63, 3.8) is 0 Å². The smallest absolute Gasteiger partial charge is 0.314 e. The third-order valence-electron chi connectivity index (χ3n) is 4.89. The van der Waals surface area contributed by atoms with E-state index in [1.54, 1.807) is 12.1 Å². The second-order valence-corrected chi connectivity index (χ2v) is 6.00. The summed E-state index contributed by atoms with van der Waals surface area (Å²) in [6.07, 6.45) is 6.88. The molecule has 0 spiro atoms. The van der Waals surface area contributed by atoms with Crippen LogP contribution >= 0.6 is 0 Å². The van der Waals surface area contributed by atoms with E-state index >= 15 is 0 Å². The summed E-state index contributed by atoms with van der Waals surface area (Å²) in [6.45, 7) is 0. The number of carboxylic acid groups (broad SMARTS) is 1. The van der Waals surface area contributed by atoms with Gasteiger partial charge in [0.05, 0.1) is 23.3 Å². The number of aromatic hydroxyl groups is 1. The molecule has 1 saturated carbocycles. The van der Waals surface area contributed by atoms with Crippen LogP contribution in [0.2, 0.25) is 0 Å². The lowest BCUT2D eigenvalue weighted by molar-refractivity contribution is -0.145. The molecule has 2 N–H and O–H groups in total. The molecule has 0 radical (unpaired) electrons. The molecule has 0 aliphatic heterocycles. The van der Waals surface area contributed by atoms with Gasteiger partial charge in [-0.05, 0) is 25.0 Å². The fourth-order valence-corrected chi connectivity index (χ4v) is 3.82. The number of hydrogen-bond acceptors (Lipinski definition) is 4. The van der Waals surface area contributed by atoms with Gasteiger partial charge in [-0.2, -0.15) is 0 Å². The van der Waals surface area contributed by atoms with Crippen molar-refractivity contribution in [3.05, 3.63) is 30.2 Å². The maximum absolute atomic E-state index is 12.2. The summed E-state index contributed by atoms with van der Waals surface area (Å²) >= 11 is 0. The molecule has 0 bridgehead atoms. The highest BCUT2D eigenvalue weighted by Crippen LogP contribution is 2.49. The van der Waals surface area contributed by atoms with Gasteiger partial charge in [-0.1, -0.05) is 19.3 Å². The van der Waals surface area contributed by atoms with Crippen LogP contribution in [0.1, 0.15) is 37.7 Å². The van der Waals surface area contributed by atoms with Gasteiger partial charge in [-0.3, -0.25) is 4.79 Å². The summed E-state index contributed by atoms with van der Waals surface area (Å²) in [5, 5.41) is 21.4. The summed E-state index contributed by atoms with van der Waals surface area (Å²) < 4.78 is 11.0. The van der Waals surface area contributed by atoms with Crippen LogP contribution in [0.4, 0.5) is 0 Å². The number of phenols is 1. The summed E-state index contributed by atoms with van der Waals surface area (Å²) in [6, 6.07) is 3.36. The first-order valence-corrected chi connectivity index (χ1v) is 7.48. The van der Waals surface area contributed by atoms with Gasteiger partial charge in [0.2, 0.25) is 0 Å². The van der Waals surface area contributed by atoms with Gasteiger partial charge in [-0.15, -0.1) is 0 Å². The molecule has 1 aromatic carbocycles. The molecule has 0 amide bonds. The minimum Gasteiger partial charge on any atom is -0.504 e. The number of fused-ring (bicyclic) bond motifs is 2. The van der Waals surface area contributed by atoms with Gasteiger partial charge in [0.15, 0.2) is 11.3 Å². The molecular weight excluding hydrogens is 284 g/mol. The molecule has 5 heteroatoms. The standard InChI is InChI=1S/C17H16O5/c18-13-11-5-9-21-14(11)12(10-4-8-22-15(10)13)17(16(19)20)6-2-1-3-7-17/h4-5,8-9,18H,1-3,6-7H2,(H,19,20). The first-order valence-electron chi connectivity index (χ1n) is 7.48. The van der Waals surface area contributed by atoms with Crippen molar-refractivity contribution in [1.29, 1.82) is 0 Å². The van der Waals surface area contributed by atoms with Gasteiger partial charge >= 0.3 is 5.97 Å². The summed E-state index contributed by atoms with van der Waals surface area (Å²) in [5.74, 6) is -0.832. The van der Waals surface area contributed by atoms with Crippen LogP contribution in [0.15, 0.2) is 33.5 Å². The Balaban J connectivity index is 2.15. The van der Waals surface area contributed by atoms with E-state index in [4.69, 9.17) is 8.83 Å². The Kier molecular flexibility index (Phi) is 2.73. The number of phenolic OH excluding ortho intramolecular Hbond substituents is 1. The zero-order chi connectivity index (χ0) is 15.3. The van der Waals surface area contributed by atoms with Crippen molar-refractivity contribution in [2.45, 2.75) is 37.5 Å². The molecule has 5 nitrogen and oxygen atoms in total. The van der Waals surface area contributed by atoms with Crippen molar-refractivity contribution in [2.24, 2.45) is 0 Å². The maximum Gasteiger partial charge on any atom is 0.314 e. The molecule has 0 unspecified atom stereocenters. The normalized spacial score (nSPS) is 18.0. The molecule has 0 atom stereocenters. The van der Waals surface area contributed by atoms with Crippen molar-refractivity contribution in [1.82, 2.24) is 0 Å². The minimum atomic E-state index is -0.982. The van der Waals surface area contributed by atoms with E-state index in [1.807, 2.05) is 0 Å². The van der Waals surface area contributed by atoms with Crippen LogP contribution in [-0.4, -0.2) is 16.2 Å². The van der Waals surface area contributed by atoms with Gasteiger partial charge in [-0.25, -0.2) is 0 Å². The Morgan fingerprint density at radius 3 is 2.32 bits per heavy atom. The third kappa shape index (κ3) is 1.56. The fraction of sp³-hybridized carbons (Fsp3) is 0.353. The first kappa shape index (κ1) is 13.2. The topological polar surface area (TPSA) is 83.8 Å². The highest BCUT2D eigenvalue weighted by atomic mass is 16.4. The van der Waals surface area contributed by atoms with Gasteiger partial charge in [0.1, 0.15) is 5.58 Å². The van der Waals surface area contributed by atoms with E-state index < -0.39 is 11.4 Å². The predicted molar refractivity (Wildman–Crippen MR) is 80.0 cm³/mol. The number of furan rings is 2. The highest BCUT2D eigenvalue weighted by molar-refractivity contribution is 6.07. The van der Waals surface area contributed by atoms with Gasteiger partial charge < -0.3 is 19.0 Å². The molecule has 4 rings (SSSR count). The Labute approximate surface area is 126 Å². The monoisotopic (exact) mass is 300 g/mol. The first-order chi connectivity index (χ1) is 10.6. The van der Waals surface area contributed by atoms with Gasteiger partial charge in [0, 0.05) is 10.9 Å². The van der Waals surface area contributed by atoms with Crippen molar-refractivity contribution in [3.8, 4) is 5.75 Å². The molecule has 2 heterocycles. The molecule has 1 aliphatic rings. The van der Waals surface area contributed by atoms with Crippen molar-refractivity contribution in [2.75, 3.05) is 0 Å². The van der Waals surface area contributed by atoms with Gasteiger partial charge in [0.25, 0.3) is 0 Å². The number of aliphatic carboxylic acids is 1. The number of rotatable bonds is 2. The van der Waals surface area contributed by atoms with E-state index in [0.717, 1.165) is 19.3 Å². The second kappa shape index (κ2) is 4.53. The molecule has 3 aromatic rings. The molecule has 1 aliphatic carbocycles. The number of carboxylic acids is 1. The average molecular weight is 300 g/mol. The number of carbonyl (C=O) groups is 1. The molecule has 22 heavy (non-hydrogen) atoms. The zero-order valence-electron chi connectivity index (χ0n) is 12.0. The average Bonchev–Trinajstić information content (AvgIpc) is 3.17. The molecule has 114 valence electrons. The van der Waals surface area contributed by atoms with E-state index in [1.165, 1.54) is 12.5 Å². The van der Waals surface area contributed by atoms with Crippen LogP contribution in [0.3, 0.4) is 0 Å². The van der Waals surface area contributed by atoms with E-state index in [-0.39, 0.29) is 5.75 Å². The quantitative estimate of drug-likeness (QED) is 0.742. The van der Waals surface area contributed by atoms with E-state index in [2.05, 4.69) is 0 Å². The number of benzene rings is 1. The predicted octanol–water partition coefficient (Wildman–Crippen LogP) is 4.17. The van der Waals surface area contributed by atoms with Crippen LogP contribution in [0.25, 0.3) is 21.9 Å². The van der Waals surface area contributed by atoms with Crippen LogP contribution in [0, 0.1) is 0 Å². The Morgan fingerprint density at radius 1 is 1.00 bits per heavy atom. The lowest BCUT2D eigenvalue weighted by atomic mass is 9.68. The summed E-state index contributed by atoms with van der Waals surface area (Å²) in [4.78, 5) is 12.2. The molecule has 1 fully saturated rings. The Morgan fingerprint density at radius 2 is 1.64 bits per heavy atom. The Hall–Kier alpha value is -2.43. The summed E-state index contributed by atoms with van der Waals surface area (Å²) in [7, 11) is 0. The van der Waals surface area contributed by atoms with Crippen LogP contribution in [0.5, 0.6) is 5.75 Å². The number of hydrogen-bond donors (Lipinski definition) is 2. The third-order valence-corrected chi connectivity index (χ3v) is 4.89. The van der Waals surface area contributed by atoms with Crippen LogP contribution < -0.4 is 0 Å². The van der Waals surface area contributed by atoms with Crippen molar-refractivity contribution < 1.29 is 23.8 Å². The molecule has 2 aromatic heterocycles. The zero-order valence-corrected chi connectivity index (χ0v) is 12.0. The van der Waals surface area contributed by atoms with Crippen LogP contribution in [-0.2, 0) is 10.2 Å². The minimum absolute atomic E-state index is 0.00356. The van der Waals surface area contributed by atoms with Crippen molar-refractivity contribution >= 4 is 27.9 Å². The van der Waals surface area contributed by atoms with E-state index in [0.29, 0.717) is 40.3 Å². The maximum atomic E-state index is 12.2. The highest BCUT2D eigenvalue weighted by Gasteiger charge is 2.45. The van der Waals surface area contributed by atoms with E-state index in [9.17, 15) is 15.0 Å². The summed E-state index contributed by atoms with van der Waals surface area (Å²) in [5.41, 5.74) is 0.441. The lowest BCUT2D eigenvalue weighted by Gasteiger charge is -2.34. The molecule has 0 saturated heterocycles. The SMILES string of the molecule is O=C(O)C1(c2c3ccoc3c(O)c3ccoc23)CCCCC1. The lowest BCUT2D eigenvalue weighted by Crippen LogP contribution is -2.38. The fourth-order valence-electron chi connectivity index (χ4n) is 3.82. The Bertz CT molecular complexity index is 812. The molecular formula is C17H16O5. The second-order valence-electron chi connectivity index (χ2n) is 6.00.